The lowest BCUT2D eigenvalue weighted by atomic mass is 10.3. The number of nitrogens with zero attached hydrogens (tertiary/aromatic N) is 2. The van der Waals surface area contributed by atoms with E-state index >= 15 is 0 Å². The Hall–Kier alpha value is 0.810. The summed E-state index contributed by atoms with van der Waals surface area (Å²) in [5, 5.41) is 0. The molecule has 0 saturated carbocycles. The van der Waals surface area contributed by atoms with Crippen LogP contribution in [0.3, 0.4) is 0 Å². The molecule has 78 valence electrons. The standard InChI is InChI=1S/C8H15N2.Br2.BrH/c1-3-4-6-10(2)7-5-9-8-10;1-2;/h5,7-8H,3-4,6H2,1-2H3;;1H/q+1;;/p-1. The van der Waals surface area contributed by atoms with Crippen LogP contribution in [0.2, 0.25) is 0 Å². The Bertz CT molecular complexity index is 157. The van der Waals surface area contributed by atoms with Gasteiger partial charge in [-0.1, -0.05) is 13.3 Å². The van der Waals surface area contributed by atoms with E-state index in [1.807, 2.05) is 12.5 Å². The zero-order valence-corrected chi connectivity index (χ0v) is 12.6. The van der Waals surface area contributed by atoms with Gasteiger partial charge in [-0.15, -0.1) is 0 Å². The smallest absolute Gasteiger partial charge is 0.194 e. The molecule has 1 aliphatic rings. The average molecular weight is 379 g/mol. The van der Waals surface area contributed by atoms with Gasteiger partial charge >= 0.3 is 0 Å². The molecule has 1 heterocycles. The maximum atomic E-state index is 4.06. The summed E-state index contributed by atoms with van der Waals surface area (Å²) < 4.78 is 0.883. The first-order chi connectivity index (χ1) is 5.77. The summed E-state index contributed by atoms with van der Waals surface area (Å²) >= 11 is 5.50. The molecule has 0 aromatic carbocycles. The molecule has 2 nitrogen and oxygen atoms in total. The minimum atomic E-state index is 0. The van der Waals surface area contributed by atoms with Gasteiger partial charge in [0.25, 0.3) is 0 Å². The van der Waals surface area contributed by atoms with Crippen molar-refractivity contribution in [3.05, 3.63) is 12.4 Å². The van der Waals surface area contributed by atoms with Crippen LogP contribution >= 0.6 is 28.3 Å². The Morgan fingerprint density at radius 1 is 1.38 bits per heavy atom. The molecular weight excluding hydrogens is 364 g/mol. The number of rotatable bonds is 3. The van der Waals surface area contributed by atoms with Crippen LogP contribution in [0.5, 0.6) is 0 Å². The van der Waals surface area contributed by atoms with E-state index in [4.69, 9.17) is 0 Å². The van der Waals surface area contributed by atoms with Crippen LogP contribution in [0.25, 0.3) is 0 Å². The molecule has 0 N–H and O–H groups in total. The Kier molecular flexibility index (Phi) is 11.7. The molecule has 5 heteroatoms. The quantitative estimate of drug-likeness (QED) is 0.632. The first-order valence-corrected chi connectivity index (χ1v) is 7.69. The number of hydrogen-bond donors (Lipinski definition) is 0. The summed E-state index contributed by atoms with van der Waals surface area (Å²) in [5.41, 5.74) is 0. The topological polar surface area (TPSA) is 12.4 Å². The lowest BCUT2D eigenvalue weighted by molar-refractivity contribution is -0.756. The van der Waals surface area contributed by atoms with E-state index in [2.05, 4.69) is 53.4 Å². The number of quaternary nitrogens is 1. The Morgan fingerprint density at radius 3 is 2.38 bits per heavy atom. The zero-order valence-electron chi connectivity index (χ0n) is 7.88. The lowest BCUT2D eigenvalue weighted by Gasteiger charge is -2.20. The fraction of sp³-hybridized carbons (Fsp3) is 0.625. The molecular formula is C8H15Br3N2. The van der Waals surface area contributed by atoms with Gasteiger partial charge < -0.3 is 17.0 Å². The second-order valence-electron chi connectivity index (χ2n) is 2.99. The van der Waals surface area contributed by atoms with Crippen LogP contribution in [-0.2, 0) is 0 Å². The Balaban J connectivity index is 0. The maximum absolute atomic E-state index is 4.06. The van der Waals surface area contributed by atoms with Crippen molar-refractivity contribution >= 4 is 34.6 Å². The van der Waals surface area contributed by atoms with Crippen LogP contribution in [0, 0.1) is 0 Å². The summed E-state index contributed by atoms with van der Waals surface area (Å²) in [6.45, 7) is 3.39. The molecule has 0 aromatic rings. The molecule has 0 aliphatic carbocycles. The lowest BCUT2D eigenvalue weighted by Crippen LogP contribution is -3.00. The second-order valence-corrected chi connectivity index (χ2v) is 2.99. The molecule has 13 heavy (non-hydrogen) atoms. The first-order valence-electron chi connectivity index (χ1n) is 3.98. The molecule has 1 atom stereocenters. The summed E-state index contributed by atoms with van der Waals surface area (Å²) in [6.07, 6.45) is 8.50. The molecule has 0 saturated heterocycles. The molecule has 0 aromatic heterocycles. The largest absolute Gasteiger partial charge is 1.00 e. The van der Waals surface area contributed by atoms with Gasteiger partial charge in [0, 0.05) is 28.3 Å². The normalized spacial score (nSPS) is 23.4. The van der Waals surface area contributed by atoms with Crippen molar-refractivity contribution in [2.24, 2.45) is 4.99 Å². The molecule has 1 aliphatic heterocycles. The molecule has 0 radical (unpaired) electrons. The van der Waals surface area contributed by atoms with E-state index in [-0.39, 0.29) is 17.0 Å². The molecule has 0 bridgehead atoms. The number of aliphatic imine (C=N–C) groups is 1. The zero-order chi connectivity index (χ0) is 9.45. The second kappa shape index (κ2) is 9.37. The SMILES string of the molecule is BrBr.CCCC[N+]1(C)C=CN=C1.[Br-]. The highest BCUT2D eigenvalue weighted by Crippen LogP contribution is 2.08. The fourth-order valence-corrected chi connectivity index (χ4v) is 1.05. The highest BCUT2D eigenvalue weighted by atomic mass is 80.9. The van der Waals surface area contributed by atoms with E-state index in [0.29, 0.717) is 0 Å². The van der Waals surface area contributed by atoms with Crippen molar-refractivity contribution in [3.8, 4) is 0 Å². The van der Waals surface area contributed by atoms with E-state index in [1.165, 1.54) is 19.4 Å². The monoisotopic (exact) mass is 376 g/mol. The Labute approximate surface area is 106 Å². The van der Waals surface area contributed by atoms with Gasteiger partial charge in [-0.3, -0.25) is 4.48 Å². The van der Waals surface area contributed by atoms with E-state index in [0.717, 1.165) is 4.48 Å². The molecule has 1 unspecified atom stereocenters. The molecule has 1 rings (SSSR count). The maximum Gasteiger partial charge on any atom is 0.194 e. The van der Waals surface area contributed by atoms with Crippen molar-refractivity contribution in [3.63, 3.8) is 0 Å². The van der Waals surface area contributed by atoms with Crippen molar-refractivity contribution < 1.29 is 21.5 Å². The van der Waals surface area contributed by atoms with Crippen LogP contribution in [0.15, 0.2) is 17.4 Å². The van der Waals surface area contributed by atoms with Gasteiger partial charge in [0.1, 0.15) is 6.20 Å². The highest BCUT2D eigenvalue weighted by Gasteiger charge is 2.17. The van der Waals surface area contributed by atoms with Crippen LogP contribution in [0.1, 0.15) is 19.8 Å². The minimum Gasteiger partial charge on any atom is -1.00 e. The summed E-state index contributed by atoms with van der Waals surface area (Å²) in [7, 11) is 2.17. The van der Waals surface area contributed by atoms with Gasteiger partial charge in [-0.2, -0.15) is 0 Å². The molecule has 0 amide bonds. The van der Waals surface area contributed by atoms with Crippen LogP contribution in [0.4, 0.5) is 0 Å². The summed E-state index contributed by atoms with van der Waals surface area (Å²) in [5.74, 6) is 0. The molecule has 0 fully saturated rings. The first kappa shape index (κ1) is 16.2. The summed E-state index contributed by atoms with van der Waals surface area (Å²) in [6, 6.07) is 0. The number of hydrogen-bond acceptors (Lipinski definition) is 1. The van der Waals surface area contributed by atoms with Gasteiger partial charge in [0.2, 0.25) is 0 Å². The van der Waals surface area contributed by atoms with E-state index in [1.54, 1.807) is 0 Å². The minimum absolute atomic E-state index is 0. The third-order valence-electron chi connectivity index (χ3n) is 1.82. The van der Waals surface area contributed by atoms with Crippen LogP contribution < -0.4 is 17.0 Å². The van der Waals surface area contributed by atoms with Crippen molar-refractivity contribution in [1.29, 1.82) is 0 Å². The van der Waals surface area contributed by atoms with Crippen molar-refractivity contribution in [2.75, 3.05) is 13.6 Å². The van der Waals surface area contributed by atoms with Crippen molar-refractivity contribution in [2.45, 2.75) is 19.8 Å². The van der Waals surface area contributed by atoms with E-state index in [9.17, 15) is 0 Å². The Morgan fingerprint density at radius 2 is 2.00 bits per heavy atom. The van der Waals surface area contributed by atoms with Gasteiger partial charge in [0.15, 0.2) is 6.34 Å². The number of halogens is 3. The molecule has 0 spiro atoms. The third kappa shape index (κ3) is 6.82. The highest BCUT2D eigenvalue weighted by molar-refractivity contribution is 9.93. The van der Waals surface area contributed by atoms with Gasteiger partial charge in [-0.05, 0) is 6.42 Å². The van der Waals surface area contributed by atoms with Crippen LogP contribution in [-0.4, -0.2) is 24.4 Å². The van der Waals surface area contributed by atoms with Gasteiger partial charge in [-0.25, -0.2) is 4.99 Å². The average Bonchev–Trinajstić information content (AvgIpc) is 2.53. The number of unbranched alkanes of at least 4 members (excludes halogenated alkanes) is 1. The predicted octanol–water partition coefficient (Wildman–Crippen LogP) is 0.441. The van der Waals surface area contributed by atoms with E-state index < -0.39 is 0 Å². The third-order valence-corrected chi connectivity index (χ3v) is 1.82. The van der Waals surface area contributed by atoms with Gasteiger partial charge in [0.05, 0.1) is 19.8 Å². The predicted molar refractivity (Wildman–Crippen MR) is 61.4 cm³/mol. The fourth-order valence-electron chi connectivity index (χ4n) is 1.05. The van der Waals surface area contributed by atoms with Crippen molar-refractivity contribution in [1.82, 2.24) is 0 Å². The summed E-state index contributed by atoms with van der Waals surface area (Å²) in [4.78, 5) is 4.06.